The third-order valence-corrected chi connectivity index (χ3v) is 5.09. The Morgan fingerprint density at radius 3 is 2.46 bits per heavy atom. The van der Waals surface area contributed by atoms with Gasteiger partial charge in [-0.1, -0.05) is 51.1 Å². The zero-order valence-electron chi connectivity index (χ0n) is 16.3. The van der Waals surface area contributed by atoms with Crippen LogP contribution in [0, 0.1) is 0 Å². The molecular weight excluding hydrogens is 322 g/mol. The highest BCUT2D eigenvalue weighted by atomic mass is 16.5. The van der Waals surface area contributed by atoms with Gasteiger partial charge in [0.1, 0.15) is 5.75 Å². The van der Waals surface area contributed by atoms with Crippen LogP contribution in [0.4, 0.5) is 0 Å². The minimum Gasteiger partial charge on any atom is -0.484 e. The molecule has 1 N–H and O–H groups in total. The summed E-state index contributed by atoms with van der Waals surface area (Å²) in [6, 6.07) is 14.5. The van der Waals surface area contributed by atoms with Crippen molar-refractivity contribution in [1.29, 1.82) is 0 Å². The second-order valence-electron chi connectivity index (χ2n) is 8.23. The molecule has 2 aromatic rings. The molecule has 1 amide bonds. The number of benzene rings is 2. The van der Waals surface area contributed by atoms with Crippen molar-refractivity contribution in [2.45, 2.75) is 58.4 Å². The largest absolute Gasteiger partial charge is 0.484 e. The minimum absolute atomic E-state index is 0.0136. The lowest BCUT2D eigenvalue weighted by Gasteiger charge is -2.19. The van der Waals surface area contributed by atoms with Crippen molar-refractivity contribution in [3.8, 4) is 5.75 Å². The number of amides is 1. The number of hydrogen-bond acceptors (Lipinski definition) is 2. The van der Waals surface area contributed by atoms with Crippen molar-refractivity contribution in [1.82, 2.24) is 5.32 Å². The molecule has 0 bridgehead atoms. The predicted octanol–water partition coefficient (Wildman–Crippen LogP) is 4.73. The quantitative estimate of drug-likeness (QED) is 0.846. The summed E-state index contributed by atoms with van der Waals surface area (Å²) in [6.07, 6.45) is 3.57. The van der Waals surface area contributed by atoms with Crippen LogP contribution >= 0.6 is 0 Å². The van der Waals surface area contributed by atoms with Crippen LogP contribution < -0.4 is 10.1 Å². The Balaban J connectivity index is 1.52. The van der Waals surface area contributed by atoms with Crippen molar-refractivity contribution in [3.63, 3.8) is 0 Å². The van der Waals surface area contributed by atoms with Crippen LogP contribution in [0.3, 0.4) is 0 Å². The SMILES string of the molecule is C[C@H](NC(=O)COc1ccc(C(C)(C)C)cc1)c1ccc2c(c1)CCC2. The van der Waals surface area contributed by atoms with Crippen LogP contribution in [-0.4, -0.2) is 12.5 Å². The molecule has 3 heteroatoms. The number of ether oxygens (including phenoxy) is 1. The van der Waals surface area contributed by atoms with E-state index in [1.165, 1.54) is 29.5 Å². The van der Waals surface area contributed by atoms with E-state index in [1.54, 1.807) is 0 Å². The molecule has 26 heavy (non-hydrogen) atoms. The molecule has 0 heterocycles. The zero-order valence-corrected chi connectivity index (χ0v) is 16.3. The maximum atomic E-state index is 12.2. The Hall–Kier alpha value is -2.29. The van der Waals surface area contributed by atoms with Gasteiger partial charge in [-0.2, -0.15) is 0 Å². The van der Waals surface area contributed by atoms with Crippen molar-refractivity contribution >= 4 is 5.91 Å². The van der Waals surface area contributed by atoms with Crippen molar-refractivity contribution in [2.75, 3.05) is 6.61 Å². The summed E-state index contributed by atoms with van der Waals surface area (Å²) in [5.74, 6) is 0.622. The standard InChI is InChI=1S/C23H29NO2/c1-16(18-9-8-17-6-5-7-19(17)14-18)24-22(25)15-26-21-12-10-20(11-13-21)23(2,3)4/h8-14,16H,5-7,15H2,1-4H3,(H,24,25)/t16-/m0/s1. The van der Waals surface area contributed by atoms with E-state index >= 15 is 0 Å². The fourth-order valence-electron chi connectivity index (χ4n) is 3.43. The molecule has 0 fully saturated rings. The number of aryl methyl sites for hydroxylation is 2. The van der Waals surface area contributed by atoms with Gasteiger partial charge in [0.25, 0.3) is 5.91 Å². The molecule has 0 aliphatic heterocycles. The third kappa shape index (κ3) is 4.46. The normalized spacial score (nSPS) is 14.6. The van der Waals surface area contributed by atoms with E-state index < -0.39 is 0 Å². The summed E-state index contributed by atoms with van der Waals surface area (Å²) in [5, 5.41) is 3.03. The van der Waals surface area contributed by atoms with E-state index in [0.717, 1.165) is 17.7 Å². The lowest BCUT2D eigenvalue weighted by Crippen LogP contribution is -2.31. The van der Waals surface area contributed by atoms with E-state index in [1.807, 2.05) is 19.1 Å². The number of fused-ring (bicyclic) bond motifs is 1. The lowest BCUT2D eigenvalue weighted by atomic mass is 9.87. The molecule has 1 aliphatic rings. The van der Waals surface area contributed by atoms with Crippen LogP contribution in [-0.2, 0) is 23.1 Å². The van der Waals surface area contributed by atoms with Crippen LogP contribution in [0.5, 0.6) is 5.75 Å². The molecular formula is C23H29NO2. The summed E-state index contributed by atoms with van der Waals surface area (Å²) < 4.78 is 5.63. The van der Waals surface area contributed by atoms with Gasteiger partial charge >= 0.3 is 0 Å². The van der Waals surface area contributed by atoms with Crippen molar-refractivity contribution < 1.29 is 9.53 Å². The molecule has 0 spiro atoms. The number of rotatable bonds is 5. The smallest absolute Gasteiger partial charge is 0.258 e. The Bertz CT molecular complexity index is 772. The molecule has 0 aromatic heterocycles. The van der Waals surface area contributed by atoms with E-state index in [0.29, 0.717) is 0 Å². The van der Waals surface area contributed by atoms with Crippen molar-refractivity contribution in [3.05, 3.63) is 64.7 Å². The summed E-state index contributed by atoms with van der Waals surface area (Å²) in [4.78, 5) is 12.2. The molecule has 3 rings (SSSR count). The average molecular weight is 351 g/mol. The Kier molecular flexibility index (Phi) is 5.36. The van der Waals surface area contributed by atoms with Gasteiger partial charge in [-0.25, -0.2) is 0 Å². The number of carbonyl (C=O) groups is 1. The summed E-state index contributed by atoms with van der Waals surface area (Å²) in [5.41, 5.74) is 5.41. The summed E-state index contributed by atoms with van der Waals surface area (Å²) in [6.45, 7) is 8.58. The first-order valence-corrected chi connectivity index (χ1v) is 9.47. The van der Waals surface area contributed by atoms with E-state index in [4.69, 9.17) is 4.74 Å². The van der Waals surface area contributed by atoms with Crippen LogP contribution in [0.2, 0.25) is 0 Å². The molecule has 1 atom stereocenters. The van der Waals surface area contributed by atoms with Gasteiger partial charge in [0.15, 0.2) is 6.61 Å². The van der Waals surface area contributed by atoms with Gasteiger partial charge in [0.2, 0.25) is 0 Å². The first-order chi connectivity index (χ1) is 12.3. The predicted molar refractivity (Wildman–Crippen MR) is 106 cm³/mol. The highest BCUT2D eigenvalue weighted by molar-refractivity contribution is 5.78. The Labute approximate surface area is 156 Å². The second-order valence-corrected chi connectivity index (χ2v) is 8.23. The van der Waals surface area contributed by atoms with E-state index in [9.17, 15) is 4.79 Å². The van der Waals surface area contributed by atoms with Crippen LogP contribution in [0.1, 0.15) is 62.4 Å². The zero-order chi connectivity index (χ0) is 18.7. The second kappa shape index (κ2) is 7.53. The molecule has 0 saturated heterocycles. The fraction of sp³-hybridized carbons (Fsp3) is 0.435. The van der Waals surface area contributed by atoms with Gasteiger partial charge in [0.05, 0.1) is 6.04 Å². The average Bonchev–Trinajstić information content (AvgIpc) is 3.07. The van der Waals surface area contributed by atoms with Crippen molar-refractivity contribution in [2.24, 2.45) is 0 Å². The number of hydrogen-bond donors (Lipinski definition) is 1. The first kappa shape index (κ1) is 18.5. The van der Waals surface area contributed by atoms with E-state index in [2.05, 4.69) is 56.4 Å². The van der Waals surface area contributed by atoms with Gasteiger partial charge in [-0.05, 0) is 66.0 Å². The van der Waals surface area contributed by atoms with Crippen LogP contribution in [0.15, 0.2) is 42.5 Å². The maximum Gasteiger partial charge on any atom is 0.258 e. The fourth-order valence-corrected chi connectivity index (χ4v) is 3.43. The lowest BCUT2D eigenvalue weighted by molar-refractivity contribution is -0.123. The first-order valence-electron chi connectivity index (χ1n) is 9.47. The topological polar surface area (TPSA) is 38.3 Å². The number of carbonyl (C=O) groups excluding carboxylic acids is 1. The van der Waals surface area contributed by atoms with Crippen LogP contribution in [0.25, 0.3) is 0 Å². The molecule has 0 saturated carbocycles. The molecule has 0 unspecified atom stereocenters. The van der Waals surface area contributed by atoms with Gasteiger partial charge < -0.3 is 10.1 Å². The third-order valence-electron chi connectivity index (χ3n) is 5.09. The molecule has 0 radical (unpaired) electrons. The Morgan fingerprint density at radius 1 is 1.08 bits per heavy atom. The maximum absolute atomic E-state index is 12.2. The Morgan fingerprint density at radius 2 is 1.77 bits per heavy atom. The summed E-state index contributed by atoms with van der Waals surface area (Å²) in [7, 11) is 0. The van der Waals surface area contributed by atoms with E-state index in [-0.39, 0.29) is 24.0 Å². The highest BCUT2D eigenvalue weighted by Gasteiger charge is 2.16. The van der Waals surface area contributed by atoms with Gasteiger partial charge in [-0.15, -0.1) is 0 Å². The molecule has 3 nitrogen and oxygen atoms in total. The minimum atomic E-state index is -0.0992. The number of nitrogens with one attached hydrogen (secondary N) is 1. The molecule has 138 valence electrons. The molecule has 1 aliphatic carbocycles. The van der Waals surface area contributed by atoms with Gasteiger partial charge in [0, 0.05) is 0 Å². The highest BCUT2D eigenvalue weighted by Crippen LogP contribution is 2.26. The molecule has 2 aromatic carbocycles. The van der Waals surface area contributed by atoms with Gasteiger partial charge in [-0.3, -0.25) is 4.79 Å². The monoisotopic (exact) mass is 351 g/mol. The summed E-state index contributed by atoms with van der Waals surface area (Å²) >= 11 is 0.